The molecule has 1 rings (SSSR count). The van der Waals surface area contributed by atoms with Crippen LogP contribution < -0.4 is 15.1 Å². The van der Waals surface area contributed by atoms with E-state index in [1.54, 1.807) is 11.9 Å². The molecule has 0 radical (unpaired) electrons. The molecule has 1 aromatic rings. The van der Waals surface area contributed by atoms with Crippen LogP contribution >= 0.6 is 11.6 Å². The van der Waals surface area contributed by atoms with Gasteiger partial charge < -0.3 is 15.1 Å². The maximum Gasteiger partial charge on any atom is 0.239 e. The van der Waals surface area contributed by atoms with Gasteiger partial charge in [0.15, 0.2) is 0 Å². The molecule has 0 spiro atoms. The van der Waals surface area contributed by atoms with Crippen molar-refractivity contribution in [3.05, 3.63) is 5.28 Å². The molecule has 0 aromatic carbocycles. The van der Waals surface area contributed by atoms with E-state index >= 15 is 0 Å². The van der Waals surface area contributed by atoms with Gasteiger partial charge in [-0.15, -0.1) is 0 Å². The fourth-order valence-electron chi connectivity index (χ4n) is 1.80. The standard InChI is InChI=1S/C13H23ClN6O/c1-6-20(7-2)13-17-11(14)16-12(18-13)19(5)8-10(21)15-9(3)4/h9H,6-8H2,1-5H3,(H,15,21). The number of likely N-dealkylation sites (N-methyl/N-ethyl adjacent to an activating group) is 1. The van der Waals surface area contributed by atoms with Crippen LogP contribution in [-0.2, 0) is 4.79 Å². The lowest BCUT2D eigenvalue weighted by Crippen LogP contribution is -2.39. The van der Waals surface area contributed by atoms with Crippen LogP contribution in [-0.4, -0.2) is 53.6 Å². The second-order valence-corrected chi connectivity index (χ2v) is 5.29. The quantitative estimate of drug-likeness (QED) is 0.818. The Kier molecular flexibility index (Phi) is 6.61. The van der Waals surface area contributed by atoms with Crippen molar-refractivity contribution in [2.75, 3.05) is 36.5 Å². The monoisotopic (exact) mass is 314 g/mol. The molecule has 0 saturated heterocycles. The number of anilines is 2. The average molecular weight is 315 g/mol. The topological polar surface area (TPSA) is 74.2 Å². The number of halogens is 1. The predicted molar refractivity (Wildman–Crippen MR) is 84.9 cm³/mol. The van der Waals surface area contributed by atoms with Crippen LogP contribution in [0.3, 0.4) is 0 Å². The Morgan fingerprint density at radius 1 is 1.19 bits per heavy atom. The number of carbonyl (C=O) groups is 1. The van der Waals surface area contributed by atoms with Crippen LogP contribution in [0.5, 0.6) is 0 Å². The highest BCUT2D eigenvalue weighted by molar-refractivity contribution is 6.28. The second kappa shape index (κ2) is 7.97. The average Bonchev–Trinajstić information content (AvgIpc) is 2.38. The van der Waals surface area contributed by atoms with Crippen molar-refractivity contribution in [2.45, 2.75) is 33.7 Å². The second-order valence-electron chi connectivity index (χ2n) is 4.96. The van der Waals surface area contributed by atoms with Crippen LogP contribution in [0.1, 0.15) is 27.7 Å². The third-order valence-corrected chi connectivity index (χ3v) is 2.97. The summed E-state index contributed by atoms with van der Waals surface area (Å²) in [5.74, 6) is 0.815. The number of amides is 1. The Labute approximate surface area is 130 Å². The predicted octanol–water partition coefficient (Wildman–Crippen LogP) is 1.33. The third-order valence-electron chi connectivity index (χ3n) is 2.80. The Morgan fingerprint density at radius 3 is 2.29 bits per heavy atom. The van der Waals surface area contributed by atoms with E-state index in [2.05, 4.69) is 20.3 Å². The zero-order valence-electron chi connectivity index (χ0n) is 13.2. The van der Waals surface area contributed by atoms with Crippen LogP contribution in [0, 0.1) is 0 Å². The Balaban J connectivity index is 2.89. The number of carbonyl (C=O) groups excluding carboxylic acids is 1. The number of hydrogen-bond donors (Lipinski definition) is 1. The molecule has 0 aliphatic rings. The number of nitrogens with zero attached hydrogens (tertiary/aromatic N) is 5. The van der Waals surface area contributed by atoms with E-state index in [1.807, 2.05) is 32.6 Å². The van der Waals surface area contributed by atoms with E-state index in [1.165, 1.54) is 0 Å². The van der Waals surface area contributed by atoms with Gasteiger partial charge in [0, 0.05) is 26.2 Å². The SMILES string of the molecule is CCN(CC)c1nc(Cl)nc(N(C)CC(=O)NC(C)C)n1. The minimum atomic E-state index is -0.0894. The largest absolute Gasteiger partial charge is 0.352 e. The summed E-state index contributed by atoms with van der Waals surface area (Å²) in [6, 6.07) is 0.0964. The molecule has 118 valence electrons. The van der Waals surface area contributed by atoms with Crippen molar-refractivity contribution in [3.63, 3.8) is 0 Å². The third kappa shape index (κ3) is 5.34. The molecule has 0 atom stereocenters. The van der Waals surface area contributed by atoms with Crippen LogP contribution in [0.15, 0.2) is 0 Å². The summed E-state index contributed by atoms with van der Waals surface area (Å²) in [6.07, 6.45) is 0. The van der Waals surface area contributed by atoms with Crippen molar-refractivity contribution in [1.29, 1.82) is 0 Å². The van der Waals surface area contributed by atoms with Gasteiger partial charge in [-0.25, -0.2) is 0 Å². The van der Waals surface area contributed by atoms with Crippen molar-refractivity contribution < 1.29 is 4.79 Å². The molecule has 1 amide bonds. The van der Waals surface area contributed by atoms with E-state index in [0.717, 1.165) is 13.1 Å². The number of hydrogen-bond acceptors (Lipinski definition) is 6. The first kappa shape index (κ1) is 17.4. The van der Waals surface area contributed by atoms with Gasteiger partial charge in [0.1, 0.15) is 0 Å². The van der Waals surface area contributed by atoms with Gasteiger partial charge in [-0.2, -0.15) is 15.0 Å². The molecule has 7 nitrogen and oxygen atoms in total. The smallest absolute Gasteiger partial charge is 0.239 e. The number of aromatic nitrogens is 3. The van der Waals surface area contributed by atoms with Gasteiger partial charge in [0.2, 0.25) is 23.1 Å². The molecule has 0 bridgehead atoms. The van der Waals surface area contributed by atoms with Gasteiger partial charge in [-0.3, -0.25) is 4.79 Å². The highest BCUT2D eigenvalue weighted by Crippen LogP contribution is 2.15. The molecule has 8 heteroatoms. The molecule has 1 heterocycles. The molecule has 0 fully saturated rings. The number of nitrogens with one attached hydrogen (secondary N) is 1. The fourth-order valence-corrected chi connectivity index (χ4v) is 1.95. The summed E-state index contributed by atoms with van der Waals surface area (Å²) >= 11 is 5.96. The molecule has 0 aliphatic heterocycles. The molecule has 0 unspecified atom stereocenters. The summed E-state index contributed by atoms with van der Waals surface area (Å²) in [4.78, 5) is 28.0. The molecule has 21 heavy (non-hydrogen) atoms. The summed E-state index contributed by atoms with van der Waals surface area (Å²) in [5, 5.41) is 2.95. The molecule has 0 saturated carbocycles. The van der Waals surface area contributed by atoms with Gasteiger partial charge in [-0.05, 0) is 39.3 Å². The van der Waals surface area contributed by atoms with E-state index in [9.17, 15) is 4.79 Å². The number of rotatable bonds is 7. The molecule has 0 aliphatic carbocycles. The molecular formula is C13H23ClN6O. The first-order valence-corrected chi connectivity index (χ1v) is 7.42. The Bertz CT molecular complexity index is 478. The van der Waals surface area contributed by atoms with E-state index in [0.29, 0.717) is 11.9 Å². The summed E-state index contributed by atoms with van der Waals surface area (Å²) in [7, 11) is 1.75. The minimum absolute atomic E-state index is 0.0894. The van der Waals surface area contributed by atoms with Crippen molar-refractivity contribution >= 4 is 29.4 Å². The summed E-state index contributed by atoms with van der Waals surface area (Å²) in [5.41, 5.74) is 0. The van der Waals surface area contributed by atoms with E-state index < -0.39 is 0 Å². The highest BCUT2D eigenvalue weighted by atomic mass is 35.5. The van der Waals surface area contributed by atoms with Crippen molar-refractivity contribution in [1.82, 2.24) is 20.3 Å². The van der Waals surface area contributed by atoms with Crippen LogP contribution in [0.4, 0.5) is 11.9 Å². The lowest BCUT2D eigenvalue weighted by atomic mass is 10.4. The van der Waals surface area contributed by atoms with Gasteiger partial charge in [0.25, 0.3) is 0 Å². The van der Waals surface area contributed by atoms with Crippen LogP contribution in [0.25, 0.3) is 0 Å². The maximum atomic E-state index is 11.8. The normalized spacial score (nSPS) is 10.6. The lowest BCUT2D eigenvalue weighted by molar-refractivity contribution is -0.120. The van der Waals surface area contributed by atoms with E-state index in [4.69, 9.17) is 11.6 Å². The minimum Gasteiger partial charge on any atom is -0.352 e. The molecule has 1 N–H and O–H groups in total. The maximum absolute atomic E-state index is 11.8. The van der Waals surface area contributed by atoms with Crippen molar-refractivity contribution in [3.8, 4) is 0 Å². The van der Waals surface area contributed by atoms with Crippen LogP contribution in [0.2, 0.25) is 5.28 Å². The zero-order valence-corrected chi connectivity index (χ0v) is 14.0. The first-order chi connectivity index (χ1) is 9.87. The van der Waals surface area contributed by atoms with Gasteiger partial charge in [0.05, 0.1) is 6.54 Å². The molecular weight excluding hydrogens is 292 g/mol. The fraction of sp³-hybridized carbons (Fsp3) is 0.692. The Morgan fingerprint density at radius 2 is 1.76 bits per heavy atom. The Hall–Kier alpha value is -1.63. The molecule has 1 aromatic heterocycles. The van der Waals surface area contributed by atoms with Gasteiger partial charge >= 0.3 is 0 Å². The lowest BCUT2D eigenvalue weighted by Gasteiger charge is -2.22. The van der Waals surface area contributed by atoms with Crippen molar-refractivity contribution in [2.24, 2.45) is 0 Å². The highest BCUT2D eigenvalue weighted by Gasteiger charge is 2.15. The first-order valence-electron chi connectivity index (χ1n) is 7.04. The van der Waals surface area contributed by atoms with Gasteiger partial charge in [-0.1, -0.05) is 0 Å². The summed E-state index contributed by atoms with van der Waals surface area (Å²) in [6.45, 7) is 9.56. The van der Waals surface area contributed by atoms with E-state index in [-0.39, 0.29) is 23.8 Å². The zero-order chi connectivity index (χ0) is 16.0. The summed E-state index contributed by atoms with van der Waals surface area (Å²) < 4.78 is 0.